The molecule has 1 aliphatic rings. The number of nitrogens with zero attached hydrogens (tertiary/aromatic N) is 3. The summed E-state index contributed by atoms with van der Waals surface area (Å²) in [7, 11) is 0. The Hall–Kier alpha value is -3.99. The molecule has 0 bridgehead atoms. The van der Waals surface area contributed by atoms with Crippen LogP contribution in [-0.2, 0) is 13.0 Å². The summed E-state index contributed by atoms with van der Waals surface area (Å²) in [6, 6.07) is 27.8. The number of benzene rings is 3. The molecule has 0 saturated heterocycles. The smallest absolute Gasteiger partial charge is 0.416 e. The van der Waals surface area contributed by atoms with Crippen LogP contribution in [0.15, 0.2) is 97.3 Å². The largest absolute Gasteiger partial charge is 0.464 e. The summed E-state index contributed by atoms with van der Waals surface area (Å²) < 4.78 is 1.99. The number of rotatable bonds is 5. The van der Waals surface area contributed by atoms with Crippen molar-refractivity contribution >= 4 is 23.2 Å². The molecular formula is C26H23N3O2. The fraction of sp³-hybridized carbons (Fsp3) is 0.115. The van der Waals surface area contributed by atoms with Gasteiger partial charge >= 0.3 is 6.09 Å². The predicted octanol–water partition coefficient (Wildman–Crippen LogP) is 5.86. The molecule has 1 aromatic heterocycles. The fourth-order valence-corrected chi connectivity index (χ4v) is 4.21. The zero-order valence-corrected chi connectivity index (χ0v) is 17.1. The summed E-state index contributed by atoms with van der Waals surface area (Å²) in [4.78, 5) is 15.8. The van der Waals surface area contributed by atoms with Gasteiger partial charge in [0, 0.05) is 36.9 Å². The molecular weight excluding hydrogens is 386 g/mol. The first-order valence-corrected chi connectivity index (χ1v) is 10.4. The summed E-state index contributed by atoms with van der Waals surface area (Å²) >= 11 is 0. The average Bonchev–Trinajstić information content (AvgIpc) is 3.46. The minimum Gasteiger partial charge on any atom is -0.464 e. The Balaban J connectivity index is 1.41. The molecule has 154 valence electrons. The first-order chi connectivity index (χ1) is 15.2. The first kappa shape index (κ1) is 19.0. The number of amides is 1. The Labute approximate surface area is 181 Å². The quantitative estimate of drug-likeness (QED) is 0.449. The molecule has 0 spiro atoms. The van der Waals surface area contributed by atoms with Crippen molar-refractivity contribution in [2.45, 2.75) is 13.0 Å². The normalized spacial score (nSPS) is 12.6. The van der Waals surface area contributed by atoms with Crippen LogP contribution in [0.3, 0.4) is 0 Å². The van der Waals surface area contributed by atoms with E-state index in [1.165, 1.54) is 21.7 Å². The highest BCUT2D eigenvalue weighted by Gasteiger charge is 2.23. The van der Waals surface area contributed by atoms with Crippen molar-refractivity contribution in [3.63, 3.8) is 0 Å². The zero-order valence-electron chi connectivity index (χ0n) is 17.1. The predicted molar refractivity (Wildman–Crippen MR) is 124 cm³/mol. The van der Waals surface area contributed by atoms with Crippen LogP contribution >= 0.6 is 0 Å². The molecule has 1 aliphatic heterocycles. The monoisotopic (exact) mass is 409 g/mol. The summed E-state index contributed by atoms with van der Waals surface area (Å²) in [5.41, 5.74) is 5.92. The van der Waals surface area contributed by atoms with E-state index in [1.54, 1.807) is 0 Å². The highest BCUT2D eigenvalue weighted by Crippen LogP contribution is 2.35. The standard InChI is InChI=1S/C26H23N3O2/c30-26(31)29(23-10-8-22(9-11-23)27-15-4-5-16-27)24-12-13-25-21(18-24)14-17-28(25)19-20-6-2-1-3-7-20/h1-13,15-16,18H,14,17,19H2,(H,30,31). The highest BCUT2D eigenvalue weighted by molar-refractivity contribution is 5.95. The fourth-order valence-electron chi connectivity index (χ4n) is 4.21. The Bertz CT molecular complexity index is 1190. The lowest BCUT2D eigenvalue weighted by Crippen LogP contribution is -2.23. The number of hydrogen-bond donors (Lipinski definition) is 1. The van der Waals surface area contributed by atoms with Crippen molar-refractivity contribution in [2.75, 3.05) is 16.3 Å². The molecule has 5 heteroatoms. The van der Waals surface area contributed by atoms with Crippen molar-refractivity contribution in [3.8, 4) is 5.69 Å². The summed E-state index contributed by atoms with van der Waals surface area (Å²) in [6.45, 7) is 1.79. The zero-order chi connectivity index (χ0) is 21.2. The van der Waals surface area contributed by atoms with Crippen molar-refractivity contribution in [1.82, 2.24) is 4.57 Å². The number of anilines is 3. The number of carbonyl (C=O) groups is 1. The molecule has 5 rings (SSSR count). The van der Waals surface area contributed by atoms with Gasteiger partial charge in [-0.25, -0.2) is 9.69 Å². The average molecular weight is 409 g/mol. The molecule has 0 radical (unpaired) electrons. The maximum atomic E-state index is 12.1. The molecule has 31 heavy (non-hydrogen) atoms. The number of aromatic nitrogens is 1. The number of hydrogen-bond acceptors (Lipinski definition) is 2. The van der Waals surface area contributed by atoms with Crippen LogP contribution in [0.4, 0.5) is 21.9 Å². The van der Waals surface area contributed by atoms with E-state index in [0.29, 0.717) is 11.4 Å². The molecule has 1 N–H and O–H groups in total. The SMILES string of the molecule is O=C(O)N(c1ccc(-n2cccc2)cc1)c1ccc2c(c1)CCN2Cc1ccccc1. The Morgan fingerprint density at radius 1 is 0.871 bits per heavy atom. The van der Waals surface area contributed by atoms with Gasteiger partial charge in [-0.1, -0.05) is 30.3 Å². The minimum absolute atomic E-state index is 0.627. The van der Waals surface area contributed by atoms with Crippen LogP contribution in [0.5, 0.6) is 0 Å². The molecule has 0 fully saturated rings. The van der Waals surface area contributed by atoms with Gasteiger partial charge in [-0.3, -0.25) is 0 Å². The lowest BCUT2D eigenvalue weighted by atomic mass is 10.1. The lowest BCUT2D eigenvalue weighted by Gasteiger charge is -2.22. The van der Waals surface area contributed by atoms with Crippen LogP contribution in [0.2, 0.25) is 0 Å². The van der Waals surface area contributed by atoms with Crippen LogP contribution in [0, 0.1) is 0 Å². The van der Waals surface area contributed by atoms with Crippen molar-refractivity contribution in [3.05, 3.63) is 108 Å². The lowest BCUT2D eigenvalue weighted by molar-refractivity contribution is 0.205. The van der Waals surface area contributed by atoms with Crippen LogP contribution < -0.4 is 9.80 Å². The van der Waals surface area contributed by atoms with Gasteiger partial charge in [-0.15, -0.1) is 0 Å². The first-order valence-electron chi connectivity index (χ1n) is 10.4. The van der Waals surface area contributed by atoms with Gasteiger partial charge in [-0.2, -0.15) is 0 Å². The van der Waals surface area contributed by atoms with Crippen LogP contribution in [0.1, 0.15) is 11.1 Å². The molecule has 1 amide bonds. The highest BCUT2D eigenvalue weighted by atomic mass is 16.4. The maximum absolute atomic E-state index is 12.1. The van der Waals surface area contributed by atoms with Gasteiger partial charge in [0.05, 0.1) is 11.4 Å². The van der Waals surface area contributed by atoms with E-state index in [-0.39, 0.29) is 0 Å². The van der Waals surface area contributed by atoms with E-state index in [0.717, 1.165) is 25.2 Å². The molecule has 2 heterocycles. The minimum atomic E-state index is -0.993. The van der Waals surface area contributed by atoms with Crippen molar-refractivity contribution in [2.24, 2.45) is 0 Å². The topological polar surface area (TPSA) is 48.7 Å². The maximum Gasteiger partial charge on any atom is 0.416 e. The molecule has 0 atom stereocenters. The molecule has 3 aromatic carbocycles. The van der Waals surface area contributed by atoms with E-state index in [9.17, 15) is 9.90 Å². The van der Waals surface area contributed by atoms with Gasteiger partial charge < -0.3 is 14.6 Å². The summed E-state index contributed by atoms with van der Waals surface area (Å²) in [5, 5.41) is 9.94. The molecule has 0 aliphatic carbocycles. The van der Waals surface area contributed by atoms with Gasteiger partial charge in [-0.05, 0) is 72.1 Å². The molecule has 0 saturated carbocycles. The van der Waals surface area contributed by atoms with E-state index >= 15 is 0 Å². The van der Waals surface area contributed by atoms with Gasteiger partial charge in [0.2, 0.25) is 0 Å². The Morgan fingerprint density at radius 2 is 1.58 bits per heavy atom. The molecule has 0 unspecified atom stereocenters. The van der Waals surface area contributed by atoms with E-state index in [4.69, 9.17) is 0 Å². The Kier molecular flexibility index (Phi) is 4.92. The Morgan fingerprint density at radius 3 is 2.29 bits per heavy atom. The molecule has 5 nitrogen and oxygen atoms in total. The van der Waals surface area contributed by atoms with E-state index in [2.05, 4.69) is 29.2 Å². The third-order valence-corrected chi connectivity index (χ3v) is 5.73. The van der Waals surface area contributed by atoms with Crippen molar-refractivity contribution in [1.29, 1.82) is 0 Å². The number of carboxylic acid groups (broad SMARTS) is 1. The third kappa shape index (κ3) is 3.78. The third-order valence-electron chi connectivity index (χ3n) is 5.73. The second-order valence-corrected chi connectivity index (χ2v) is 7.69. The van der Waals surface area contributed by atoms with Gasteiger partial charge in [0.25, 0.3) is 0 Å². The van der Waals surface area contributed by atoms with Gasteiger partial charge in [0.1, 0.15) is 0 Å². The van der Waals surface area contributed by atoms with E-state index in [1.807, 2.05) is 77.6 Å². The second-order valence-electron chi connectivity index (χ2n) is 7.69. The van der Waals surface area contributed by atoms with Gasteiger partial charge in [0.15, 0.2) is 0 Å². The van der Waals surface area contributed by atoms with Crippen LogP contribution in [0.25, 0.3) is 5.69 Å². The summed E-state index contributed by atoms with van der Waals surface area (Å²) in [5.74, 6) is 0. The second kappa shape index (κ2) is 8.03. The van der Waals surface area contributed by atoms with Crippen molar-refractivity contribution < 1.29 is 9.90 Å². The number of fused-ring (bicyclic) bond motifs is 1. The van der Waals surface area contributed by atoms with Crippen LogP contribution in [-0.4, -0.2) is 22.3 Å². The van der Waals surface area contributed by atoms with E-state index < -0.39 is 6.09 Å². The molecule has 4 aromatic rings. The summed E-state index contributed by atoms with van der Waals surface area (Å²) in [6.07, 6.45) is 3.85.